The second-order valence-electron chi connectivity index (χ2n) is 7.53. The summed E-state index contributed by atoms with van der Waals surface area (Å²) in [5, 5.41) is 5.62. The number of amides is 1. The summed E-state index contributed by atoms with van der Waals surface area (Å²) in [7, 11) is 0. The Morgan fingerprint density at radius 1 is 1.00 bits per heavy atom. The maximum atomic E-state index is 12.9. The maximum Gasteiger partial charge on any atom is 0.258 e. The fraction of sp³-hybridized carbons (Fsp3) is 0.391. The van der Waals surface area contributed by atoms with Crippen LogP contribution in [0.4, 0.5) is 5.69 Å². The topological polar surface area (TPSA) is 54.3 Å². The molecule has 0 aliphatic carbocycles. The quantitative estimate of drug-likeness (QED) is 0.684. The van der Waals surface area contributed by atoms with Gasteiger partial charge < -0.3 is 14.8 Å². The number of anilines is 1. The highest BCUT2D eigenvalue weighted by Crippen LogP contribution is 2.25. The zero-order valence-corrected chi connectivity index (χ0v) is 16.4. The molecule has 0 bridgehead atoms. The number of para-hydroxylation sites is 1. The van der Waals surface area contributed by atoms with E-state index in [9.17, 15) is 9.59 Å². The van der Waals surface area contributed by atoms with Crippen LogP contribution in [0.25, 0.3) is 21.7 Å². The van der Waals surface area contributed by atoms with E-state index in [-0.39, 0.29) is 11.5 Å². The number of rotatable bonds is 5. The van der Waals surface area contributed by atoms with Gasteiger partial charge in [-0.15, -0.1) is 0 Å². The van der Waals surface area contributed by atoms with Crippen molar-refractivity contribution in [1.29, 1.82) is 0 Å². The largest absolute Gasteiger partial charge is 0.326 e. The van der Waals surface area contributed by atoms with Crippen molar-refractivity contribution in [3.8, 4) is 0 Å². The summed E-state index contributed by atoms with van der Waals surface area (Å²) in [6.07, 6.45) is 4.26. The number of aryl methyl sites for hydroxylation is 1. The molecule has 1 aliphatic heterocycles. The number of nitrogens with one attached hydrogen (secondary N) is 1. The van der Waals surface area contributed by atoms with Crippen molar-refractivity contribution in [3.05, 3.63) is 52.8 Å². The van der Waals surface area contributed by atoms with Gasteiger partial charge in [0.15, 0.2) is 0 Å². The van der Waals surface area contributed by atoms with Gasteiger partial charge in [0.2, 0.25) is 5.91 Å². The summed E-state index contributed by atoms with van der Waals surface area (Å²) in [6.45, 7) is 5.61. The lowest BCUT2D eigenvalue weighted by Crippen LogP contribution is -2.32. The number of carbonyl (C=O) groups excluding carboxylic acids is 1. The van der Waals surface area contributed by atoms with Crippen LogP contribution in [0.2, 0.25) is 0 Å². The maximum absolute atomic E-state index is 12.9. The Kier molecular flexibility index (Phi) is 5.44. The molecule has 3 aromatic rings. The van der Waals surface area contributed by atoms with E-state index >= 15 is 0 Å². The third kappa shape index (κ3) is 3.67. The van der Waals surface area contributed by atoms with Crippen molar-refractivity contribution in [2.24, 2.45) is 0 Å². The molecule has 4 rings (SSSR count). The lowest BCUT2D eigenvalue weighted by Gasteiger charge is -2.25. The first kappa shape index (κ1) is 18.7. The number of piperidine rings is 1. The van der Waals surface area contributed by atoms with Gasteiger partial charge in [-0.05, 0) is 62.5 Å². The summed E-state index contributed by atoms with van der Waals surface area (Å²) in [5.74, 6) is 0.0242. The fourth-order valence-electron chi connectivity index (χ4n) is 4.20. The average molecular weight is 377 g/mol. The molecule has 0 spiro atoms. The summed E-state index contributed by atoms with van der Waals surface area (Å²) in [4.78, 5) is 27.6. The third-order valence-electron chi connectivity index (χ3n) is 5.68. The van der Waals surface area contributed by atoms with Crippen LogP contribution in [0.3, 0.4) is 0 Å². The standard InChI is InChI=1S/C23H27N3O2/c1-2-26-21-9-5-4-8-18(21)20-16-17(10-11-19(20)23(26)28)24-22(27)12-15-25-13-6-3-7-14-25/h4-5,8-11,16H,2-3,6-7,12-15H2,1H3,(H,24,27). The first-order valence-corrected chi connectivity index (χ1v) is 10.2. The lowest BCUT2D eigenvalue weighted by molar-refractivity contribution is -0.116. The molecule has 2 heterocycles. The Morgan fingerprint density at radius 3 is 2.57 bits per heavy atom. The van der Waals surface area contributed by atoms with Gasteiger partial charge in [-0.3, -0.25) is 9.59 Å². The fourth-order valence-corrected chi connectivity index (χ4v) is 4.20. The minimum Gasteiger partial charge on any atom is -0.326 e. The highest BCUT2D eigenvalue weighted by Gasteiger charge is 2.13. The molecule has 1 aliphatic rings. The van der Waals surface area contributed by atoms with Gasteiger partial charge in [0, 0.05) is 36.0 Å². The lowest BCUT2D eigenvalue weighted by atomic mass is 10.0. The second kappa shape index (κ2) is 8.15. The highest BCUT2D eigenvalue weighted by atomic mass is 16.1. The molecule has 146 valence electrons. The van der Waals surface area contributed by atoms with Gasteiger partial charge in [-0.1, -0.05) is 24.6 Å². The van der Waals surface area contributed by atoms with Crippen LogP contribution < -0.4 is 10.9 Å². The third-order valence-corrected chi connectivity index (χ3v) is 5.68. The summed E-state index contributed by atoms with van der Waals surface area (Å²) >= 11 is 0. The SMILES string of the molecule is CCn1c(=O)c2ccc(NC(=O)CCN3CCCCC3)cc2c2ccccc21. The predicted octanol–water partition coefficient (Wildman–Crippen LogP) is 3.99. The molecule has 0 saturated carbocycles. The van der Waals surface area contributed by atoms with Crippen molar-refractivity contribution in [2.45, 2.75) is 39.2 Å². The van der Waals surface area contributed by atoms with Gasteiger partial charge in [-0.25, -0.2) is 0 Å². The first-order valence-electron chi connectivity index (χ1n) is 10.2. The monoisotopic (exact) mass is 377 g/mol. The molecule has 1 amide bonds. The Morgan fingerprint density at radius 2 is 1.79 bits per heavy atom. The summed E-state index contributed by atoms with van der Waals surface area (Å²) < 4.78 is 1.80. The molecule has 2 aromatic carbocycles. The van der Waals surface area contributed by atoms with E-state index in [4.69, 9.17) is 0 Å². The minimum atomic E-state index is 0.0131. The molecule has 0 radical (unpaired) electrons. The van der Waals surface area contributed by atoms with Crippen molar-refractivity contribution in [3.63, 3.8) is 0 Å². The van der Waals surface area contributed by atoms with Gasteiger partial charge in [-0.2, -0.15) is 0 Å². The number of likely N-dealkylation sites (tertiary alicyclic amines) is 1. The predicted molar refractivity (Wildman–Crippen MR) is 115 cm³/mol. The number of fused-ring (bicyclic) bond motifs is 3. The van der Waals surface area contributed by atoms with E-state index < -0.39 is 0 Å². The number of pyridine rings is 1. The van der Waals surface area contributed by atoms with Crippen LogP contribution in [0, 0.1) is 0 Å². The van der Waals surface area contributed by atoms with Crippen molar-refractivity contribution >= 4 is 33.3 Å². The molecular weight excluding hydrogens is 350 g/mol. The van der Waals surface area contributed by atoms with E-state index in [0.29, 0.717) is 18.4 Å². The van der Waals surface area contributed by atoms with E-state index in [1.807, 2.05) is 49.4 Å². The molecule has 28 heavy (non-hydrogen) atoms. The summed E-state index contributed by atoms with van der Waals surface area (Å²) in [5.41, 5.74) is 1.69. The van der Waals surface area contributed by atoms with Crippen LogP contribution in [0.1, 0.15) is 32.6 Å². The average Bonchev–Trinajstić information content (AvgIpc) is 2.73. The van der Waals surface area contributed by atoms with Crippen molar-refractivity contribution < 1.29 is 4.79 Å². The molecule has 1 saturated heterocycles. The summed E-state index contributed by atoms with van der Waals surface area (Å²) in [6, 6.07) is 13.5. The molecular formula is C23H27N3O2. The van der Waals surface area contributed by atoms with Crippen molar-refractivity contribution in [2.75, 3.05) is 25.0 Å². The molecule has 1 N–H and O–H groups in total. The van der Waals surface area contributed by atoms with Crippen LogP contribution in [-0.4, -0.2) is 35.0 Å². The van der Waals surface area contributed by atoms with E-state index in [1.54, 1.807) is 4.57 Å². The van der Waals surface area contributed by atoms with E-state index in [0.717, 1.165) is 41.6 Å². The number of aromatic nitrogens is 1. The number of benzene rings is 2. The second-order valence-corrected chi connectivity index (χ2v) is 7.53. The van der Waals surface area contributed by atoms with E-state index in [1.165, 1.54) is 19.3 Å². The van der Waals surface area contributed by atoms with Gasteiger partial charge in [0.05, 0.1) is 5.52 Å². The number of nitrogens with zero attached hydrogens (tertiary/aromatic N) is 2. The Labute approximate surface area is 165 Å². The zero-order valence-electron chi connectivity index (χ0n) is 16.4. The smallest absolute Gasteiger partial charge is 0.258 e. The number of hydrogen-bond donors (Lipinski definition) is 1. The normalized spacial score (nSPS) is 15.2. The van der Waals surface area contributed by atoms with E-state index in [2.05, 4.69) is 10.2 Å². The number of hydrogen-bond acceptors (Lipinski definition) is 3. The Hall–Kier alpha value is -2.66. The van der Waals surface area contributed by atoms with Gasteiger partial charge >= 0.3 is 0 Å². The highest BCUT2D eigenvalue weighted by molar-refractivity contribution is 6.07. The minimum absolute atomic E-state index is 0.0131. The van der Waals surface area contributed by atoms with Crippen LogP contribution in [-0.2, 0) is 11.3 Å². The Bertz CT molecular complexity index is 1060. The van der Waals surface area contributed by atoms with Crippen LogP contribution >= 0.6 is 0 Å². The number of carbonyl (C=O) groups is 1. The molecule has 5 nitrogen and oxygen atoms in total. The first-order chi connectivity index (χ1) is 13.7. The van der Waals surface area contributed by atoms with Crippen LogP contribution in [0.15, 0.2) is 47.3 Å². The van der Waals surface area contributed by atoms with Crippen LogP contribution in [0.5, 0.6) is 0 Å². The van der Waals surface area contributed by atoms with Crippen molar-refractivity contribution in [1.82, 2.24) is 9.47 Å². The van der Waals surface area contributed by atoms with Gasteiger partial charge in [0.1, 0.15) is 0 Å². The molecule has 5 heteroatoms. The molecule has 0 atom stereocenters. The van der Waals surface area contributed by atoms with Gasteiger partial charge in [0.25, 0.3) is 5.56 Å². The molecule has 1 fully saturated rings. The molecule has 0 unspecified atom stereocenters. The molecule has 1 aromatic heterocycles. The zero-order chi connectivity index (χ0) is 19.5. The Balaban J connectivity index is 1.60.